The van der Waals surface area contributed by atoms with Crippen molar-refractivity contribution in [3.05, 3.63) is 54.2 Å². The number of aromatic amines is 2. The van der Waals surface area contributed by atoms with Crippen molar-refractivity contribution < 1.29 is 4.79 Å². The van der Waals surface area contributed by atoms with Crippen molar-refractivity contribution in [1.29, 1.82) is 0 Å². The third kappa shape index (κ3) is 3.72. The van der Waals surface area contributed by atoms with Crippen LogP contribution in [0.4, 0.5) is 0 Å². The van der Waals surface area contributed by atoms with Gasteiger partial charge in [0.2, 0.25) is 0 Å². The molecule has 29 heavy (non-hydrogen) atoms. The molecule has 1 aliphatic rings. The summed E-state index contributed by atoms with van der Waals surface area (Å²) in [7, 11) is 0. The summed E-state index contributed by atoms with van der Waals surface area (Å²) in [4.78, 5) is 12.9. The molecular weight excluding hydrogens is 364 g/mol. The molecule has 5 rings (SSSR count). The van der Waals surface area contributed by atoms with Gasteiger partial charge in [-0.2, -0.15) is 15.3 Å². The van der Waals surface area contributed by atoms with Crippen LogP contribution in [0.3, 0.4) is 0 Å². The molecule has 0 unspecified atom stereocenters. The SMILES string of the molecule is O=C(Cc1cnn(CC2CCCCC2)c1)c1n[nH]c2cc(-c3cn[nH]c3)ccc12. The first kappa shape index (κ1) is 17.8. The molecule has 7 nitrogen and oxygen atoms in total. The first-order chi connectivity index (χ1) is 14.3. The quantitative estimate of drug-likeness (QED) is 0.485. The fourth-order valence-corrected chi connectivity index (χ4v) is 4.32. The molecule has 1 aliphatic carbocycles. The van der Waals surface area contributed by atoms with E-state index in [1.165, 1.54) is 32.1 Å². The molecule has 0 saturated heterocycles. The summed E-state index contributed by atoms with van der Waals surface area (Å²) in [5.74, 6) is 0.719. The number of nitrogens with one attached hydrogen (secondary N) is 2. The van der Waals surface area contributed by atoms with Crippen LogP contribution in [-0.2, 0) is 13.0 Å². The molecule has 2 N–H and O–H groups in total. The topological polar surface area (TPSA) is 92.2 Å². The van der Waals surface area contributed by atoms with E-state index in [0.717, 1.165) is 34.1 Å². The van der Waals surface area contributed by atoms with Gasteiger partial charge in [-0.05, 0) is 42.0 Å². The van der Waals surface area contributed by atoms with Gasteiger partial charge in [0.15, 0.2) is 5.78 Å². The third-order valence-electron chi connectivity index (χ3n) is 5.88. The maximum Gasteiger partial charge on any atom is 0.188 e. The third-order valence-corrected chi connectivity index (χ3v) is 5.88. The van der Waals surface area contributed by atoms with Gasteiger partial charge in [-0.1, -0.05) is 25.3 Å². The highest BCUT2D eigenvalue weighted by molar-refractivity contribution is 6.07. The number of H-pyrrole nitrogens is 2. The molecule has 4 aromatic rings. The average Bonchev–Trinajstić information content (AvgIpc) is 3.49. The Labute approximate surface area is 168 Å². The number of hydrogen-bond donors (Lipinski definition) is 2. The van der Waals surface area contributed by atoms with Crippen molar-refractivity contribution in [2.24, 2.45) is 5.92 Å². The number of carbonyl (C=O) groups excluding carboxylic acids is 1. The fourth-order valence-electron chi connectivity index (χ4n) is 4.32. The molecule has 0 aliphatic heterocycles. The average molecular weight is 388 g/mol. The van der Waals surface area contributed by atoms with Crippen LogP contribution >= 0.6 is 0 Å². The Morgan fingerprint density at radius 3 is 2.86 bits per heavy atom. The predicted molar refractivity (Wildman–Crippen MR) is 111 cm³/mol. The zero-order chi connectivity index (χ0) is 19.6. The minimum absolute atomic E-state index is 0.00419. The van der Waals surface area contributed by atoms with E-state index in [1.807, 2.05) is 41.5 Å². The van der Waals surface area contributed by atoms with Crippen LogP contribution in [0.2, 0.25) is 0 Å². The molecule has 3 heterocycles. The van der Waals surface area contributed by atoms with Gasteiger partial charge in [-0.25, -0.2) is 0 Å². The Kier molecular flexibility index (Phi) is 4.71. The number of hydrogen-bond acceptors (Lipinski definition) is 4. The van der Waals surface area contributed by atoms with Gasteiger partial charge in [-0.15, -0.1) is 0 Å². The number of aromatic nitrogens is 6. The van der Waals surface area contributed by atoms with E-state index < -0.39 is 0 Å². The van der Waals surface area contributed by atoms with E-state index >= 15 is 0 Å². The van der Waals surface area contributed by atoms with Gasteiger partial charge >= 0.3 is 0 Å². The van der Waals surface area contributed by atoms with Gasteiger partial charge in [0.1, 0.15) is 5.69 Å². The van der Waals surface area contributed by atoms with Crippen molar-refractivity contribution in [2.45, 2.75) is 45.1 Å². The zero-order valence-corrected chi connectivity index (χ0v) is 16.3. The highest BCUT2D eigenvalue weighted by Crippen LogP contribution is 2.26. The lowest BCUT2D eigenvalue weighted by Gasteiger charge is -2.21. The fraction of sp³-hybridized carbons (Fsp3) is 0.364. The summed E-state index contributed by atoms with van der Waals surface area (Å²) in [6.07, 6.45) is 14.3. The van der Waals surface area contributed by atoms with Crippen molar-refractivity contribution in [3.8, 4) is 11.1 Å². The summed E-state index contributed by atoms with van der Waals surface area (Å²) < 4.78 is 2.00. The molecular formula is C22H24N6O. The largest absolute Gasteiger partial charge is 0.292 e. The lowest BCUT2D eigenvalue weighted by Crippen LogP contribution is -2.14. The summed E-state index contributed by atoms with van der Waals surface area (Å²) in [6.45, 7) is 0.955. The lowest BCUT2D eigenvalue weighted by molar-refractivity contribution is 0.0989. The number of Topliss-reactive ketones (excluding diaryl/α,β-unsaturated/α-hetero) is 1. The van der Waals surface area contributed by atoms with Gasteiger partial charge in [0.05, 0.1) is 17.9 Å². The second-order valence-electron chi connectivity index (χ2n) is 7.99. The van der Waals surface area contributed by atoms with Crippen LogP contribution in [0.5, 0.6) is 0 Å². The number of benzene rings is 1. The van der Waals surface area contributed by atoms with Gasteiger partial charge < -0.3 is 0 Å². The number of rotatable bonds is 6. The molecule has 1 saturated carbocycles. The zero-order valence-electron chi connectivity index (χ0n) is 16.3. The molecule has 0 atom stereocenters. The van der Waals surface area contributed by atoms with E-state index in [-0.39, 0.29) is 5.78 Å². The Balaban J connectivity index is 1.30. The van der Waals surface area contributed by atoms with Crippen LogP contribution in [0.1, 0.15) is 48.2 Å². The Morgan fingerprint density at radius 1 is 1.14 bits per heavy atom. The number of carbonyl (C=O) groups is 1. The molecule has 1 fully saturated rings. The highest BCUT2D eigenvalue weighted by Gasteiger charge is 2.18. The maximum atomic E-state index is 12.9. The lowest BCUT2D eigenvalue weighted by atomic mass is 9.89. The maximum absolute atomic E-state index is 12.9. The van der Waals surface area contributed by atoms with Gasteiger partial charge in [0.25, 0.3) is 0 Å². The molecule has 0 radical (unpaired) electrons. The van der Waals surface area contributed by atoms with Crippen molar-refractivity contribution in [3.63, 3.8) is 0 Å². The van der Waals surface area contributed by atoms with E-state index in [4.69, 9.17) is 0 Å². The minimum Gasteiger partial charge on any atom is -0.292 e. The smallest absolute Gasteiger partial charge is 0.188 e. The normalized spacial score (nSPS) is 15.2. The molecule has 0 spiro atoms. The summed E-state index contributed by atoms with van der Waals surface area (Å²) in [5, 5.41) is 19.4. The summed E-state index contributed by atoms with van der Waals surface area (Å²) >= 11 is 0. The second kappa shape index (κ2) is 7.66. The first-order valence-electron chi connectivity index (χ1n) is 10.3. The molecule has 148 valence electrons. The van der Waals surface area contributed by atoms with Gasteiger partial charge in [0, 0.05) is 36.3 Å². The van der Waals surface area contributed by atoms with Crippen LogP contribution < -0.4 is 0 Å². The monoisotopic (exact) mass is 388 g/mol. The molecule has 0 bridgehead atoms. The summed E-state index contributed by atoms with van der Waals surface area (Å²) in [5.41, 5.74) is 4.30. The summed E-state index contributed by atoms with van der Waals surface area (Å²) in [6, 6.07) is 5.93. The minimum atomic E-state index is 0.00419. The van der Waals surface area contributed by atoms with Crippen LogP contribution in [-0.4, -0.2) is 36.0 Å². The highest BCUT2D eigenvalue weighted by atomic mass is 16.1. The molecule has 1 aromatic carbocycles. The second-order valence-corrected chi connectivity index (χ2v) is 7.99. The number of ketones is 1. The molecule has 7 heteroatoms. The Morgan fingerprint density at radius 2 is 2.03 bits per heavy atom. The van der Waals surface area contributed by atoms with E-state index in [0.29, 0.717) is 18.0 Å². The van der Waals surface area contributed by atoms with E-state index in [2.05, 4.69) is 25.5 Å². The Bertz CT molecular complexity index is 1120. The first-order valence-corrected chi connectivity index (χ1v) is 10.3. The predicted octanol–water partition coefficient (Wildman–Crippen LogP) is 4.16. The van der Waals surface area contributed by atoms with Gasteiger partial charge in [-0.3, -0.25) is 19.7 Å². The standard InChI is InChI=1S/C22H24N6O/c29-21(8-16-10-25-28(14-16)13-15-4-2-1-3-5-15)22-19-7-6-17(9-20(19)26-27-22)18-11-23-24-12-18/h6-7,9-12,14-15H,1-5,8,13H2,(H,23,24)(H,26,27). The van der Waals surface area contributed by atoms with Crippen molar-refractivity contribution in [2.75, 3.05) is 0 Å². The van der Waals surface area contributed by atoms with Crippen LogP contribution in [0, 0.1) is 5.92 Å². The molecule has 0 amide bonds. The van der Waals surface area contributed by atoms with Crippen LogP contribution in [0.15, 0.2) is 43.0 Å². The molecule has 3 aromatic heterocycles. The Hall–Kier alpha value is -3.22. The van der Waals surface area contributed by atoms with E-state index in [1.54, 1.807) is 6.20 Å². The van der Waals surface area contributed by atoms with Crippen LogP contribution in [0.25, 0.3) is 22.0 Å². The van der Waals surface area contributed by atoms with Crippen molar-refractivity contribution in [1.82, 2.24) is 30.2 Å². The number of nitrogens with zero attached hydrogens (tertiary/aromatic N) is 4. The van der Waals surface area contributed by atoms with Crippen molar-refractivity contribution >= 4 is 16.7 Å². The van der Waals surface area contributed by atoms with E-state index in [9.17, 15) is 4.79 Å². The number of fused-ring (bicyclic) bond motifs is 1.